The molecule has 1 saturated carbocycles. The van der Waals surface area contributed by atoms with Gasteiger partial charge in [-0.15, -0.1) is 12.4 Å². The Bertz CT molecular complexity index is 500. The predicted molar refractivity (Wildman–Crippen MR) is 92.3 cm³/mol. The van der Waals surface area contributed by atoms with Gasteiger partial charge in [0, 0.05) is 32.7 Å². The Labute approximate surface area is 147 Å². The Morgan fingerprint density at radius 3 is 2.82 bits per heavy atom. The first-order chi connectivity index (χ1) is 10.1. The summed E-state index contributed by atoms with van der Waals surface area (Å²) in [4.78, 5) is 12.0. The van der Waals surface area contributed by atoms with Crippen molar-refractivity contribution in [1.29, 1.82) is 0 Å². The summed E-state index contributed by atoms with van der Waals surface area (Å²) in [5.74, 6) is 0.294. The van der Waals surface area contributed by atoms with Gasteiger partial charge in [-0.3, -0.25) is 4.79 Å². The van der Waals surface area contributed by atoms with Gasteiger partial charge < -0.3 is 15.4 Å². The van der Waals surface area contributed by atoms with Crippen molar-refractivity contribution in [3.05, 3.63) is 33.8 Å². The molecule has 22 heavy (non-hydrogen) atoms. The molecule has 0 aliphatic heterocycles. The quantitative estimate of drug-likeness (QED) is 0.695. The predicted octanol–water partition coefficient (Wildman–Crippen LogP) is 2.87. The van der Waals surface area contributed by atoms with Crippen molar-refractivity contribution < 1.29 is 9.53 Å². The standard InChI is InChI=1S/C15H20Cl2N2O2.ClH/c1-21-8-7-18-5-6-19-15(20)12-9-11(12)10-3-2-4-13(16)14(10)17;/h2-4,11-12,18H,5-9H2,1H3,(H,19,20);1H. The van der Waals surface area contributed by atoms with Crippen molar-refractivity contribution in [2.75, 3.05) is 33.4 Å². The van der Waals surface area contributed by atoms with E-state index < -0.39 is 0 Å². The lowest BCUT2D eigenvalue weighted by Crippen LogP contribution is -2.34. The molecule has 1 aromatic carbocycles. The van der Waals surface area contributed by atoms with Crippen LogP contribution in [0.4, 0.5) is 0 Å². The molecule has 1 aromatic rings. The van der Waals surface area contributed by atoms with Crippen LogP contribution in [0.15, 0.2) is 18.2 Å². The van der Waals surface area contributed by atoms with Gasteiger partial charge in [-0.2, -0.15) is 0 Å². The minimum absolute atomic E-state index is 0. The van der Waals surface area contributed by atoms with Gasteiger partial charge in [0.05, 0.1) is 16.7 Å². The molecule has 2 unspecified atom stereocenters. The molecule has 2 rings (SSSR count). The summed E-state index contributed by atoms with van der Waals surface area (Å²) in [7, 11) is 1.66. The van der Waals surface area contributed by atoms with Crippen LogP contribution < -0.4 is 10.6 Å². The molecule has 0 saturated heterocycles. The molecule has 1 aliphatic rings. The number of carbonyl (C=O) groups excluding carboxylic acids is 1. The van der Waals surface area contributed by atoms with Crippen LogP contribution in [0.5, 0.6) is 0 Å². The number of nitrogens with one attached hydrogen (secondary N) is 2. The van der Waals surface area contributed by atoms with Crippen LogP contribution in [-0.4, -0.2) is 39.3 Å². The zero-order valence-electron chi connectivity index (χ0n) is 12.4. The minimum Gasteiger partial charge on any atom is -0.383 e. The number of carbonyl (C=O) groups is 1. The van der Waals surface area contributed by atoms with Crippen molar-refractivity contribution in [2.24, 2.45) is 5.92 Å². The second kappa shape index (κ2) is 9.58. The van der Waals surface area contributed by atoms with Gasteiger partial charge in [0.25, 0.3) is 0 Å². The van der Waals surface area contributed by atoms with Crippen LogP contribution in [-0.2, 0) is 9.53 Å². The summed E-state index contributed by atoms with van der Waals surface area (Å²) in [6.45, 7) is 2.82. The molecule has 1 aliphatic carbocycles. The van der Waals surface area contributed by atoms with Gasteiger partial charge >= 0.3 is 0 Å². The maximum atomic E-state index is 12.0. The number of hydrogen-bond donors (Lipinski definition) is 2. The Balaban J connectivity index is 0.00000242. The van der Waals surface area contributed by atoms with Gasteiger partial charge in [0.2, 0.25) is 5.91 Å². The van der Waals surface area contributed by atoms with Gasteiger partial charge in [0.15, 0.2) is 0 Å². The molecule has 1 amide bonds. The number of rotatable bonds is 8. The van der Waals surface area contributed by atoms with E-state index in [1.54, 1.807) is 13.2 Å². The van der Waals surface area contributed by atoms with E-state index in [1.807, 2.05) is 12.1 Å². The van der Waals surface area contributed by atoms with Crippen LogP contribution in [0, 0.1) is 5.92 Å². The summed E-state index contributed by atoms with van der Waals surface area (Å²) in [5, 5.41) is 7.23. The van der Waals surface area contributed by atoms with Crippen LogP contribution >= 0.6 is 35.6 Å². The molecule has 4 nitrogen and oxygen atoms in total. The third kappa shape index (κ3) is 5.28. The monoisotopic (exact) mass is 366 g/mol. The van der Waals surface area contributed by atoms with Crippen LogP contribution in [0.2, 0.25) is 10.0 Å². The smallest absolute Gasteiger partial charge is 0.223 e. The fourth-order valence-corrected chi connectivity index (χ4v) is 2.79. The highest BCUT2D eigenvalue weighted by Crippen LogP contribution is 2.50. The molecule has 0 aromatic heterocycles. The zero-order valence-corrected chi connectivity index (χ0v) is 14.7. The summed E-state index contributed by atoms with van der Waals surface area (Å²) in [6.07, 6.45) is 0.836. The fraction of sp³-hybridized carbons (Fsp3) is 0.533. The molecule has 124 valence electrons. The van der Waals surface area contributed by atoms with Crippen LogP contribution in [0.3, 0.4) is 0 Å². The highest BCUT2D eigenvalue weighted by Gasteiger charge is 2.44. The summed E-state index contributed by atoms with van der Waals surface area (Å²) in [5.41, 5.74) is 0.975. The highest BCUT2D eigenvalue weighted by atomic mass is 35.5. The van der Waals surface area contributed by atoms with E-state index >= 15 is 0 Å². The number of hydrogen-bond acceptors (Lipinski definition) is 3. The maximum absolute atomic E-state index is 12.0. The average Bonchev–Trinajstić information content (AvgIpc) is 3.26. The molecule has 1 fully saturated rings. The van der Waals surface area contributed by atoms with Crippen molar-refractivity contribution in [2.45, 2.75) is 12.3 Å². The first kappa shape index (κ1) is 19.5. The largest absolute Gasteiger partial charge is 0.383 e. The van der Waals surface area contributed by atoms with E-state index in [0.29, 0.717) is 23.2 Å². The van der Waals surface area contributed by atoms with E-state index in [2.05, 4.69) is 10.6 Å². The van der Waals surface area contributed by atoms with E-state index in [1.165, 1.54) is 0 Å². The summed E-state index contributed by atoms with van der Waals surface area (Å²) < 4.78 is 4.93. The SMILES string of the molecule is COCCNCCNC(=O)C1CC1c1cccc(Cl)c1Cl.Cl. The average molecular weight is 368 g/mol. The van der Waals surface area contributed by atoms with E-state index in [9.17, 15) is 4.79 Å². The minimum atomic E-state index is 0. The Morgan fingerprint density at radius 2 is 2.09 bits per heavy atom. The zero-order chi connectivity index (χ0) is 15.2. The molecule has 0 heterocycles. The fourth-order valence-electron chi connectivity index (χ4n) is 2.34. The van der Waals surface area contributed by atoms with Gasteiger partial charge in [-0.25, -0.2) is 0 Å². The molecule has 0 radical (unpaired) electrons. The van der Waals surface area contributed by atoms with Crippen molar-refractivity contribution in [1.82, 2.24) is 10.6 Å². The second-order valence-corrected chi connectivity index (χ2v) is 5.91. The first-order valence-electron chi connectivity index (χ1n) is 7.06. The number of amides is 1. The molecule has 0 bridgehead atoms. The van der Waals surface area contributed by atoms with E-state index in [-0.39, 0.29) is 30.2 Å². The number of halogens is 3. The van der Waals surface area contributed by atoms with Gasteiger partial charge in [-0.1, -0.05) is 35.3 Å². The highest BCUT2D eigenvalue weighted by molar-refractivity contribution is 6.42. The third-order valence-corrected chi connectivity index (χ3v) is 4.43. The second-order valence-electron chi connectivity index (χ2n) is 5.13. The lowest BCUT2D eigenvalue weighted by molar-refractivity contribution is -0.122. The lowest BCUT2D eigenvalue weighted by Gasteiger charge is -2.07. The normalized spacial score (nSPS) is 19.4. The van der Waals surface area contributed by atoms with Gasteiger partial charge in [0.1, 0.15) is 0 Å². The first-order valence-corrected chi connectivity index (χ1v) is 7.82. The summed E-state index contributed by atoms with van der Waals surface area (Å²) >= 11 is 12.2. The van der Waals surface area contributed by atoms with Crippen molar-refractivity contribution in [3.8, 4) is 0 Å². The topological polar surface area (TPSA) is 50.4 Å². The van der Waals surface area contributed by atoms with E-state index in [4.69, 9.17) is 27.9 Å². The van der Waals surface area contributed by atoms with Crippen LogP contribution in [0.1, 0.15) is 17.9 Å². The molecular formula is C15H21Cl3N2O2. The number of ether oxygens (including phenoxy) is 1. The third-order valence-electron chi connectivity index (χ3n) is 3.59. The number of methoxy groups -OCH3 is 1. The number of benzene rings is 1. The Hall–Kier alpha value is -0.520. The lowest BCUT2D eigenvalue weighted by atomic mass is 10.1. The molecule has 2 atom stereocenters. The molecule has 2 N–H and O–H groups in total. The van der Waals surface area contributed by atoms with Crippen molar-refractivity contribution in [3.63, 3.8) is 0 Å². The van der Waals surface area contributed by atoms with Crippen LogP contribution in [0.25, 0.3) is 0 Å². The van der Waals surface area contributed by atoms with E-state index in [0.717, 1.165) is 25.1 Å². The Morgan fingerprint density at radius 1 is 1.32 bits per heavy atom. The molecular weight excluding hydrogens is 347 g/mol. The Kier molecular flexibility index (Phi) is 8.50. The molecule has 7 heteroatoms. The maximum Gasteiger partial charge on any atom is 0.223 e. The summed E-state index contributed by atoms with van der Waals surface area (Å²) in [6, 6.07) is 5.57. The molecule has 0 spiro atoms. The van der Waals surface area contributed by atoms with Gasteiger partial charge in [-0.05, 0) is 24.0 Å². The van der Waals surface area contributed by atoms with Crippen molar-refractivity contribution >= 4 is 41.5 Å².